The van der Waals surface area contributed by atoms with Crippen molar-refractivity contribution in [2.24, 2.45) is 0 Å². The van der Waals surface area contributed by atoms with Crippen LogP contribution in [-0.2, 0) is 19.1 Å². The Morgan fingerprint density at radius 2 is 2.00 bits per heavy atom. The fourth-order valence-electron chi connectivity index (χ4n) is 3.12. The largest absolute Gasteiger partial charge is 0.494 e. The second-order valence-corrected chi connectivity index (χ2v) is 7.01. The van der Waals surface area contributed by atoms with Crippen LogP contribution in [0, 0.1) is 0 Å². The Morgan fingerprint density at radius 1 is 1.31 bits per heavy atom. The van der Waals surface area contributed by atoms with Crippen molar-refractivity contribution in [3.05, 3.63) is 29.8 Å². The van der Waals surface area contributed by atoms with Crippen LogP contribution >= 0.6 is 0 Å². The molecule has 0 saturated carbocycles. The first-order valence-electron chi connectivity index (χ1n) is 9.09. The molecule has 2 atom stereocenters. The van der Waals surface area contributed by atoms with E-state index in [9.17, 15) is 9.59 Å². The van der Waals surface area contributed by atoms with Crippen LogP contribution in [0.5, 0.6) is 5.75 Å². The Labute approximate surface area is 154 Å². The zero-order chi connectivity index (χ0) is 19.2. The van der Waals surface area contributed by atoms with Gasteiger partial charge in [0.2, 0.25) is 0 Å². The zero-order valence-corrected chi connectivity index (χ0v) is 15.7. The van der Waals surface area contributed by atoms with Crippen LogP contribution in [0.1, 0.15) is 57.9 Å². The topological polar surface area (TPSA) is 82.1 Å². The second-order valence-electron chi connectivity index (χ2n) is 7.01. The van der Waals surface area contributed by atoms with Crippen LogP contribution in [0.15, 0.2) is 24.3 Å². The minimum Gasteiger partial charge on any atom is -0.494 e. The van der Waals surface area contributed by atoms with Gasteiger partial charge in [-0.05, 0) is 50.8 Å². The molecule has 1 aliphatic heterocycles. The molecule has 0 spiro atoms. The molecule has 1 saturated heterocycles. The molecule has 1 aliphatic rings. The minimum atomic E-state index is -1.09. The summed E-state index contributed by atoms with van der Waals surface area (Å²) in [7, 11) is 0. The van der Waals surface area contributed by atoms with E-state index in [1.165, 1.54) is 0 Å². The van der Waals surface area contributed by atoms with Gasteiger partial charge < -0.3 is 19.3 Å². The van der Waals surface area contributed by atoms with E-state index in [4.69, 9.17) is 19.3 Å². The van der Waals surface area contributed by atoms with Gasteiger partial charge in [0.15, 0.2) is 11.6 Å². The maximum Gasteiger partial charge on any atom is 0.310 e. The fourth-order valence-corrected chi connectivity index (χ4v) is 3.12. The summed E-state index contributed by atoms with van der Waals surface area (Å²) in [6.45, 7) is 6.90. The smallest absolute Gasteiger partial charge is 0.310 e. The molecule has 1 heterocycles. The van der Waals surface area contributed by atoms with E-state index in [-0.39, 0.29) is 17.8 Å². The number of carbonyl (C=O) groups excluding carboxylic acids is 1. The lowest BCUT2D eigenvalue weighted by molar-refractivity contribution is -0.141. The van der Waals surface area contributed by atoms with Gasteiger partial charge in [-0.3, -0.25) is 9.59 Å². The van der Waals surface area contributed by atoms with Gasteiger partial charge in [-0.15, -0.1) is 0 Å². The van der Waals surface area contributed by atoms with Crippen LogP contribution in [0.4, 0.5) is 0 Å². The number of hydrogen-bond donors (Lipinski definition) is 1. The van der Waals surface area contributed by atoms with Crippen molar-refractivity contribution >= 4 is 11.8 Å². The molecule has 1 aromatic rings. The number of Topliss-reactive ketones (excluding diaryl/α,β-unsaturated/α-hetero) is 1. The van der Waals surface area contributed by atoms with Crippen molar-refractivity contribution in [1.82, 2.24) is 0 Å². The van der Waals surface area contributed by atoms with Gasteiger partial charge in [-0.25, -0.2) is 0 Å². The van der Waals surface area contributed by atoms with Crippen LogP contribution in [0.2, 0.25) is 0 Å². The molecule has 1 N–H and O–H groups in total. The maximum absolute atomic E-state index is 12.0. The summed E-state index contributed by atoms with van der Waals surface area (Å²) in [4.78, 5) is 22.8. The minimum absolute atomic E-state index is 0.113. The van der Waals surface area contributed by atoms with Gasteiger partial charge in [0.1, 0.15) is 12.2 Å². The van der Waals surface area contributed by atoms with Crippen molar-refractivity contribution in [3.63, 3.8) is 0 Å². The predicted octanol–water partition coefficient (Wildman–Crippen LogP) is 3.53. The maximum atomic E-state index is 12.0. The quantitative estimate of drug-likeness (QED) is 0.505. The van der Waals surface area contributed by atoms with Crippen LogP contribution in [0.3, 0.4) is 0 Å². The van der Waals surface area contributed by atoms with Gasteiger partial charge in [0, 0.05) is 5.92 Å². The van der Waals surface area contributed by atoms with Crippen molar-refractivity contribution in [2.75, 3.05) is 13.2 Å². The molecule has 0 amide bonds. The fraction of sp³-hybridized carbons (Fsp3) is 0.600. The monoisotopic (exact) mass is 364 g/mol. The van der Waals surface area contributed by atoms with Gasteiger partial charge >= 0.3 is 5.97 Å². The Bertz CT molecular complexity index is 607. The van der Waals surface area contributed by atoms with E-state index >= 15 is 0 Å². The first-order valence-corrected chi connectivity index (χ1v) is 9.09. The summed E-state index contributed by atoms with van der Waals surface area (Å²) in [6.07, 6.45) is 1.98. The number of ether oxygens (including phenoxy) is 3. The first-order chi connectivity index (χ1) is 12.3. The lowest BCUT2D eigenvalue weighted by Gasteiger charge is -2.17. The Morgan fingerprint density at radius 3 is 2.54 bits per heavy atom. The molecule has 2 unspecified atom stereocenters. The van der Waals surface area contributed by atoms with E-state index in [2.05, 4.69) is 0 Å². The number of hydrogen-bond acceptors (Lipinski definition) is 5. The normalized spacial score (nSPS) is 19.9. The molecule has 6 heteroatoms. The molecule has 1 fully saturated rings. The average Bonchev–Trinajstić information content (AvgIpc) is 2.92. The number of carboxylic acid groups (broad SMARTS) is 1. The van der Waals surface area contributed by atoms with E-state index in [0.717, 1.165) is 24.2 Å². The van der Waals surface area contributed by atoms with Gasteiger partial charge in [0.25, 0.3) is 0 Å². The molecule has 0 aliphatic carbocycles. The predicted molar refractivity (Wildman–Crippen MR) is 96.4 cm³/mol. The van der Waals surface area contributed by atoms with Crippen molar-refractivity contribution in [3.8, 4) is 5.75 Å². The molecular weight excluding hydrogens is 336 g/mol. The number of aliphatic carboxylic acids is 1. The van der Waals surface area contributed by atoms with E-state index < -0.39 is 18.2 Å². The molecule has 2 rings (SSSR count). The molecule has 0 radical (unpaired) electrons. The summed E-state index contributed by atoms with van der Waals surface area (Å²) in [5, 5.41) is 8.79. The number of carbonyl (C=O) groups is 2. The van der Waals surface area contributed by atoms with Gasteiger partial charge in [0.05, 0.1) is 19.3 Å². The van der Waals surface area contributed by atoms with Crippen LogP contribution in [-0.4, -0.2) is 42.0 Å². The van der Waals surface area contributed by atoms with Crippen molar-refractivity contribution in [2.45, 2.75) is 64.3 Å². The highest BCUT2D eigenvalue weighted by Gasteiger charge is 2.32. The molecule has 1 aromatic carbocycles. The van der Waals surface area contributed by atoms with Crippen LogP contribution in [0.25, 0.3) is 0 Å². The summed E-state index contributed by atoms with van der Waals surface area (Å²) in [6, 6.07) is 7.31. The average molecular weight is 364 g/mol. The van der Waals surface area contributed by atoms with E-state index in [0.29, 0.717) is 19.6 Å². The summed E-state index contributed by atoms with van der Waals surface area (Å²) in [5.74, 6) is -1.50. The zero-order valence-electron chi connectivity index (χ0n) is 15.7. The first kappa shape index (κ1) is 20.4. The van der Waals surface area contributed by atoms with Crippen molar-refractivity contribution in [1.29, 1.82) is 0 Å². The third kappa shape index (κ3) is 6.11. The SMILES string of the molecule is CCC(C(=O)CC(=O)O)c1ccc(OCCCC2COC(C)(C)O2)cc1. The van der Waals surface area contributed by atoms with E-state index in [1.807, 2.05) is 45.0 Å². The third-order valence-electron chi connectivity index (χ3n) is 4.41. The van der Waals surface area contributed by atoms with Gasteiger partial charge in [-0.1, -0.05) is 19.1 Å². The molecule has 0 bridgehead atoms. The highest BCUT2D eigenvalue weighted by atomic mass is 16.7. The highest BCUT2D eigenvalue weighted by molar-refractivity contribution is 5.98. The number of ketones is 1. The van der Waals surface area contributed by atoms with E-state index in [1.54, 1.807) is 0 Å². The lowest BCUT2D eigenvalue weighted by Crippen LogP contribution is -2.21. The summed E-state index contributed by atoms with van der Waals surface area (Å²) < 4.78 is 17.0. The lowest BCUT2D eigenvalue weighted by atomic mass is 9.91. The Kier molecular flexibility index (Phi) is 7.17. The highest BCUT2D eigenvalue weighted by Crippen LogP contribution is 2.26. The number of rotatable bonds is 10. The second kappa shape index (κ2) is 9.14. The molecule has 6 nitrogen and oxygen atoms in total. The molecule has 144 valence electrons. The van der Waals surface area contributed by atoms with Crippen molar-refractivity contribution < 1.29 is 28.9 Å². The number of carboxylic acids is 1. The van der Waals surface area contributed by atoms with Crippen LogP contribution < -0.4 is 4.74 Å². The summed E-state index contributed by atoms with van der Waals surface area (Å²) in [5.41, 5.74) is 0.824. The van der Waals surface area contributed by atoms with Gasteiger partial charge in [-0.2, -0.15) is 0 Å². The number of benzene rings is 1. The molecule has 26 heavy (non-hydrogen) atoms. The standard InChI is InChI=1S/C20H28O6/c1-4-17(18(21)12-19(22)23)14-7-9-15(10-8-14)24-11-5-6-16-13-25-20(2,3)26-16/h7-10,16-17H,4-6,11-13H2,1-3H3,(H,22,23). The third-order valence-corrected chi connectivity index (χ3v) is 4.41. The Balaban J connectivity index is 1.78. The molecular formula is C20H28O6. The summed E-state index contributed by atoms with van der Waals surface area (Å²) >= 11 is 0. The molecule has 0 aromatic heterocycles. The Hall–Kier alpha value is -1.92.